The largest absolute Gasteiger partial charge is 0.450 e. The van der Waals surface area contributed by atoms with E-state index in [4.69, 9.17) is 4.74 Å². The zero-order valence-corrected chi connectivity index (χ0v) is 13.7. The SMILES string of the molecule is Fc1cc(C(F)(F)F)cc(F)c1Oc1cc(I)ccc1Br. The van der Waals surface area contributed by atoms with Crippen LogP contribution < -0.4 is 4.74 Å². The van der Waals surface area contributed by atoms with E-state index < -0.39 is 29.1 Å². The highest BCUT2D eigenvalue weighted by molar-refractivity contribution is 14.1. The predicted molar refractivity (Wildman–Crippen MR) is 78.3 cm³/mol. The van der Waals surface area contributed by atoms with Gasteiger partial charge < -0.3 is 4.74 Å². The van der Waals surface area contributed by atoms with Gasteiger partial charge in [0.05, 0.1) is 10.0 Å². The van der Waals surface area contributed by atoms with Crippen LogP contribution in [0.3, 0.4) is 0 Å². The van der Waals surface area contributed by atoms with Gasteiger partial charge in [0.1, 0.15) is 5.75 Å². The van der Waals surface area contributed by atoms with Gasteiger partial charge >= 0.3 is 6.18 Å². The normalized spacial score (nSPS) is 11.6. The van der Waals surface area contributed by atoms with Crippen LogP contribution in [0.5, 0.6) is 11.5 Å². The lowest BCUT2D eigenvalue weighted by atomic mass is 10.2. The lowest BCUT2D eigenvalue weighted by molar-refractivity contribution is -0.138. The van der Waals surface area contributed by atoms with Crippen LogP contribution in [0.15, 0.2) is 34.8 Å². The number of hydrogen-bond acceptors (Lipinski definition) is 1. The van der Waals surface area contributed by atoms with E-state index in [1.807, 2.05) is 22.6 Å². The van der Waals surface area contributed by atoms with E-state index >= 15 is 0 Å². The summed E-state index contributed by atoms with van der Waals surface area (Å²) in [6.45, 7) is 0. The second-order valence-electron chi connectivity index (χ2n) is 3.94. The van der Waals surface area contributed by atoms with Gasteiger partial charge in [-0.25, -0.2) is 8.78 Å². The van der Waals surface area contributed by atoms with Gasteiger partial charge in [-0.2, -0.15) is 13.2 Å². The van der Waals surface area contributed by atoms with Gasteiger partial charge in [0.2, 0.25) is 0 Å². The molecule has 0 N–H and O–H groups in total. The molecule has 2 aromatic rings. The molecule has 8 heteroatoms. The molecule has 1 nitrogen and oxygen atoms in total. The second-order valence-corrected chi connectivity index (χ2v) is 6.04. The molecule has 0 aliphatic carbocycles. The molecule has 0 amide bonds. The molecular formula is C13H5BrF5IO. The number of alkyl halides is 3. The van der Waals surface area contributed by atoms with E-state index in [2.05, 4.69) is 15.9 Å². The molecule has 0 saturated heterocycles. The highest BCUT2D eigenvalue weighted by atomic mass is 127. The summed E-state index contributed by atoms with van der Waals surface area (Å²) in [6.07, 6.45) is -4.83. The van der Waals surface area contributed by atoms with Crippen molar-refractivity contribution in [2.24, 2.45) is 0 Å². The average molecular weight is 479 g/mol. The van der Waals surface area contributed by atoms with E-state index in [1.165, 1.54) is 6.07 Å². The van der Waals surface area contributed by atoms with Crippen molar-refractivity contribution >= 4 is 38.5 Å². The van der Waals surface area contributed by atoms with E-state index in [1.54, 1.807) is 12.1 Å². The molecule has 0 spiro atoms. The fourth-order valence-corrected chi connectivity index (χ4v) is 2.28. The fourth-order valence-electron chi connectivity index (χ4n) is 1.49. The number of ether oxygens (including phenoxy) is 1. The maximum atomic E-state index is 13.7. The van der Waals surface area contributed by atoms with Gasteiger partial charge in [-0.1, -0.05) is 0 Å². The first-order valence-electron chi connectivity index (χ1n) is 5.37. The van der Waals surface area contributed by atoms with Crippen LogP contribution in [-0.4, -0.2) is 0 Å². The van der Waals surface area contributed by atoms with E-state index in [-0.39, 0.29) is 17.9 Å². The van der Waals surface area contributed by atoms with Gasteiger partial charge in [-0.05, 0) is 68.9 Å². The van der Waals surface area contributed by atoms with Crippen LogP contribution in [0.4, 0.5) is 22.0 Å². The minimum absolute atomic E-state index is 0.0967. The monoisotopic (exact) mass is 478 g/mol. The van der Waals surface area contributed by atoms with Crippen molar-refractivity contribution in [2.75, 3.05) is 0 Å². The Morgan fingerprint density at radius 2 is 1.57 bits per heavy atom. The van der Waals surface area contributed by atoms with Crippen molar-refractivity contribution in [2.45, 2.75) is 6.18 Å². The maximum Gasteiger partial charge on any atom is 0.416 e. The topological polar surface area (TPSA) is 9.23 Å². The quantitative estimate of drug-likeness (QED) is 0.372. The number of rotatable bonds is 2. The van der Waals surface area contributed by atoms with Crippen molar-refractivity contribution in [1.29, 1.82) is 0 Å². The molecule has 0 aliphatic heterocycles. The van der Waals surface area contributed by atoms with Crippen molar-refractivity contribution in [3.63, 3.8) is 0 Å². The lowest BCUT2D eigenvalue weighted by Gasteiger charge is -2.12. The van der Waals surface area contributed by atoms with Gasteiger partial charge in [0.15, 0.2) is 17.4 Å². The highest BCUT2D eigenvalue weighted by Gasteiger charge is 2.33. The first-order valence-corrected chi connectivity index (χ1v) is 7.25. The summed E-state index contributed by atoms with van der Waals surface area (Å²) in [7, 11) is 0. The average Bonchev–Trinajstić information content (AvgIpc) is 2.36. The third-order valence-electron chi connectivity index (χ3n) is 2.43. The summed E-state index contributed by atoms with van der Waals surface area (Å²) in [5, 5.41) is 0. The highest BCUT2D eigenvalue weighted by Crippen LogP contribution is 2.37. The van der Waals surface area contributed by atoms with E-state index in [9.17, 15) is 22.0 Å². The zero-order valence-electron chi connectivity index (χ0n) is 9.94. The molecule has 0 bridgehead atoms. The van der Waals surface area contributed by atoms with E-state index in [0.717, 1.165) is 3.57 Å². The molecule has 21 heavy (non-hydrogen) atoms. The van der Waals surface area contributed by atoms with Crippen molar-refractivity contribution < 1.29 is 26.7 Å². The molecule has 0 unspecified atom stereocenters. The molecule has 0 radical (unpaired) electrons. The maximum absolute atomic E-state index is 13.7. The Morgan fingerprint density at radius 3 is 2.10 bits per heavy atom. The first-order chi connectivity index (χ1) is 9.68. The van der Waals surface area contributed by atoms with Crippen molar-refractivity contribution in [3.8, 4) is 11.5 Å². The Morgan fingerprint density at radius 1 is 1.00 bits per heavy atom. The summed E-state index contributed by atoms with van der Waals surface area (Å²) in [6, 6.07) is 5.19. The number of benzene rings is 2. The Bertz CT molecular complexity index is 664. The summed E-state index contributed by atoms with van der Waals surface area (Å²) in [4.78, 5) is 0. The van der Waals surface area contributed by atoms with Crippen LogP contribution in [0.2, 0.25) is 0 Å². The molecule has 0 aliphatic rings. The Kier molecular flexibility index (Phi) is 4.76. The predicted octanol–water partition coefficient (Wildman–Crippen LogP) is 6.14. The van der Waals surface area contributed by atoms with Gasteiger partial charge in [0.25, 0.3) is 0 Å². The van der Waals surface area contributed by atoms with Crippen LogP contribution >= 0.6 is 38.5 Å². The Balaban J connectivity index is 2.44. The third-order valence-corrected chi connectivity index (χ3v) is 3.76. The minimum atomic E-state index is -4.83. The summed E-state index contributed by atoms with van der Waals surface area (Å²) >= 11 is 5.09. The number of hydrogen-bond donors (Lipinski definition) is 0. The molecule has 0 fully saturated rings. The van der Waals surface area contributed by atoms with E-state index in [0.29, 0.717) is 4.47 Å². The first kappa shape index (κ1) is 16.5. The van der Waals surface area contributed by atoms with Crippen LogP contribution in [0.25, 0.3) is 0 Å². The summed E-state index contributed by atoms with van der Waals surface area (Å²) < 4.78 is 70.9. The Hall–Kier alpha value is -0.900. The Labute approximate surface area is 138 Å². The molecule has 0 heterocycles. The van der Waals surface area contributed by atoms with Crippen LogP contribution in [-0.2, 0) is 6.18 Å². The molecule has 112 valence electrons. The minimum Gasteiger partial charge on any atom is -0.450 e. The standard InChI is InChI=1S/C13H5BrF5IO/c14-8-2-1-7(20)5-11(8)21-12-9(15)3-6(4-10(12)16)13(17,18)19/h1-5H. The molecule has 0 aromatic heterocycles. The molecule has 2 aromatic carbocycles. The van der Waals surface area contributed by atoms with Gasteiger partial charge in [-0.15, -0.1) is 0 Å². The summed E-state index contributed by atoms with van der Waals surface area (Å²) in [5.74, 6) is -3.63. The lowest BCUT2D eigenvalue weighted by Crippen LogP contribution is -2.07. The van der Waals surface area contributed by atoms with Gasteiger partial charge in [0, 0.05) is 3.57 Å². The third kappa shape index (κ3) is 3.85. The molecule has 0 saturated carbocycles. The van der Waals surface area contributed by atoms with Crippen LogP contribution in [0, 0.1) is 15.2 Å². The molecule has 2 rings (SSSR count). The summed E-state index contributed by atoms with van der Waals surface area (Å²) in [5.41, 5.74) is -1.41. The molecule has 0 atom stereocenters. The smallest absolute Gasteiger partial charge is 0.416 e. The number of halogens is 7. The zero-order chi connectivity index (χ0) is 15.8. The molecular weight excluding hydrogens is 474 g/mol. The fraction of sp³-hybridized carbons (Fsp3) is 0.0769. The van der Waals surface area contributed by atoms with Gasteiger partial charge in [-0.3, -0.25) is 0 Å². The van der Waals surface area contributed by atoms with Crippen molar-refractivity contribution in [3.05, 3.63) is 55.6 Å². The second kappa shape index (κ2) is 6.07. The van der Waals surface area contributed by atoms with Crippen LogP contribution in [0.1, 0.15) is 5.56 Å². The van der Waals surface area contributed by atoms with Crippen molar-refractivity contribution in [1.82, 2.24) is 0 Å².